The van der Waals surface area contributed by atoms with Crippen molar-refractivity contribution in [2.45, 2.75) is 43.3 Å². The van der Waals surface area contributed by atoms with Gasteiger partial charge in [-0.2, -0.15) is 0 Å². The second-order valence-corrected chi connectivity index (χ2v) is 7.01. The van der Waals surface area contributed by atoms with E-state index in [9.17, 15) is 4.79 Å². The van der Waals surface area contributed by atoms with E-state index >= 15 is 0 Å². The van der Waals surface area contributed by atoms with Crippen molar-refractivity contribution in [2.24, 2.45) is 0 Å². The lowest BCUT2D eigenvalue weighted by molar-refractivity contribution is -0.121. The number of ketones is 1. The van der Waals surface area contributed by atoms with E-state index in [0.29, 0.717) is 11.7 Å². The second kappa shape index (κ2) is 4.16. The summed E-state index contributed by atoms with van der Waals surface area (Å²) in [5.41, 5.74) is 2.85. The fourth-order valence-electron chi connectivity index (χ4n) is 2.98. The molecule has 0 saturated carbocycles. The molecule has 0 aromatic heterocycles. The number of carbonyl (C=O) groups is 1. The lowest BCUT2D eigenvalue weighted by atomic mass is 9.74. The Kier molecular flexibility index (Phi) is 2.78. The van der Waals surface area contributed by atoms with E-state index in [-0.39, 0.29) is 4.75 Å². The van der Waals surface area contributed by atoms with Gasteiger partial charge in [0, 0.05) is 6.42 Å². The molecule has 0 amide bonds. The maximum atomic E-state index is 12.4. The molecule has 0 spiro atoms. The van der Waals surface area contributed by atoms with Gasteiger partial charge in [0.05, 0.1) is 4.75 Å². The number of hydrogen-bond acceptors (Lipinski definition) is 2. The fraction of sp³-hybridized carbons (Fsp3) is 0.533. The molecule has 1 aromatic rings. The van der Waals surface area contributed by atoms with E-state index < -0.39 is 0 Å². The Morgan fingerprint density at radius 2 is 2.29 bits per heavy atom. The van der Waals surface area contributed by atoms with Gasteiger partial charge in [0.2, 0.25) is 0 Å². The van der Waals surface area contributed by atoms with Crippen molar-refractivity contribution in [1.82, 2.24) is 0 Å². The van der Waals surface area contributed by atoms with Crippen molar-refractivity contribution in [3.8, 4) is 0 Å². The first-order valence-corrected chi connectivity index (χ1v) is 7.43. The molecule has 2 atom stereocenters. The second-order valence-electron chi connectivity index (χ2n) is 5.41. The van der Waals surface area contributed by atoms with Crippen LogP contribution < -0.4 is 0 Å². The molecule has 1 aromatic carbocycles. The first-order chi connectivity index (χ1) is 8.19. The van der Waals surface area contributed by atoms with Crippen LogP contribution in [0.2, 0.25) is 0 Å². The summed E-state index contributed by atoms with van der Waals surface area (Å²) in [6, 6.07) is 8.54. The van der Waals surface area contributed by atoms with Gasteiger partial charge in [0.1, 0.15) is 5.78 Å². The van der Waals surface area contributed by atoms with Crippen molar-refractivity contribution >= 4 is 17.5 Å². The summed E-state index contributed by atoms with van der Waals surface area (Å²) >= 11 is 1.86. The number of thioether (sulfide) groups is 1. The predicted molar refractivity (Wildman–Crippen MR) is 72.6 cm³/mol. The lowest BCUT2D eigenvalue weighted by Crippen LogP contribution is -2.32. The predicted octanol–water partition coefficient (Wildman–Crippen LogP) is 3.57. The number of benzene rings is 1. The third kappa shape index (κ3) is 1.93. The molecule has 1 saturated heterocycles. The molecular formula is C15H18OS. The van der Waals surface area contributed by atoms with E-state index in [2.05, 4.69) is 31.2 Å². The van der Waals surface area contributed by atoms with Gasteiger partial charge in [0.15, 0.2) is 0 Å². The van der Waals surface area contributed by atoms with Crippen molar-refractivity contribution in [3.05, 3.63) is 35.4 Å². The molecule has 1 fully saturated rings. The summed E-state index contributed by atoms with van der Waals surface area (Å²) in [4.78, 5) is 12.4. The van der Waals surface area contributed by atoms with E-state index in [1.807, 2.05) is 11.8 Å². The smallest absolute Gasteiger partial charge is 0.149 e. The first kappa shape index (κ1) is 11.3. The normalized spacial score (nSPS) is 30.8. The van der Waals surface area contributed by atoms with Crippen molar-refractivity contribution in [3.63, 3.8) is 0 Å². The minimum Gasteiger partial charge on any atom is -0.298 e. The summed E-state index contributed by atoms with van der Waals surface area (Å²) in [6.07, 6.45) is 4.13. The highest BCUT2D eigenvalue weighted by atomic mass is 32.2. The van der Waals surface area contributed by atoms with Crippen LogP contribution in [0.1, 0.15) is 43.2 Å². The number of fused-ring (bicyclic) bond motifs is 1. The summed E-state index contributed by atoms with van der Waals surface area (Å²) in [5, 5.41) is 0. The van der Waals surface area contributed by atoms with Crippen molar-refractivity contribution in [2.75, 3.05) is 5.75 Å². The molecule has 1 aliphatic carbocycles. The molecule has 3 rings (SSSR count). The Morgan fingerprint density at radius 3 is 3.00 bits per heavy atom. The molecule has 0 radical (unpaired) electrons. The quantitative estimate of drug-likeness (QED) is 0.811. The van der Waals surface area contributed by atoms with Crippen LogP contribution >= 0.6 is 11.8 Å². The zero-order valence-electron chi connectivity index (χ0n) is 10.2. The maximum Gasteiger partial charge on any atom is 0.149 e. The van der Waals surface area contributed by atoms with Crippen LogP contribution in [0.25, 0.3) is 0 Å². The van der Waals surface area contributed by atoms with E-state index in [1.165, 1.54) is 17.5 Å². The molecule has 90 valence electrons. The minimum atomic E-state index is -0.0788. The summed E-state index contributed by atoms with van der Waals surface area (Å²) < 4.78 is -0.0788. The molecular weight excluding hydrogens is 228 g/mol. The zero-order valence-corrected chi connectivity index (χ0v) is 11.1. The molecule has 17 heavy (non-hydrogen) atoms. The monoisotopic (exact) mass is 246 g/mol. The van der Waals surface area contributed by atoms with E-state index in [4.69, 9.17) is 0 Å². The zero-order chi connectivity index (χ0) is 11.9. The van der Waals surface area contributed by atoms with Crippen molar-refractivity contribution < 1.29 is 4.79 Å². The van der Waals surface area contributed by atoms with Crippen LogP contribution in [-0.4, -0.2) is 16.3 Å². The standard InChI is InChI=1S/C15H18OS/c1-15(7-4-8-17-15)14(16)10-12-9-11-5-2-3-6-13(11)12/h2-3,5-6,12H,4,7-10H2,1H3. The van der Waals surface area contributed by atoms with Gasteiger partial charge in [-0.3, -0.25) is 4.79 Å². The Morgan fingerprint density at radius 1 is 1.47 bits per heavy atom. The van der Waals surface area contributed by atoms with Gasteiger partial charge >= 0.3 is 0 Å². The highest BCUT2D eigenvalue weighted by Gasteiger charge is 2.39. The highest BCUT2D eigenvalue weighted by Crippen LogP contribution is 2.43. The largest absolute Gasteiger partial charge is 0.298 e. The van der Waals surface area contributed by atoms with Gasteiger partial charge in [-0.05, 0) is 49.0 Å². The SMILES string of the molecule is CC1(C(=O)CC2Cc3ccccc32)CCCS1. The van der Waals surface area contributed by atoms with Crippen LogP contribution in [0, 0.1) is 0 Å². The van der Waals surface area contributed by atoms with E-state index in [0.717, 1.165) is 25.0 Å². The summed E-state index contributed by atoms with van der Waals surface area (Å²) in [6.45, 7) is 2.14. The van der Waals surface area contributed by atoms with Gasteiger partial charge in [-0.1, -0.05) is 24.3 Å². The Hall–Kier alpha value is -0.760. The average molecular weight is 246 g/mol. The number of carbonyl (C=O) groups excluding carboxylic acids is 1. The molecule has 1 aliphatic heterocycles. The van der Waals surface area contributed by atoms with Crippen LogP contribution in [0.5, 0.6) is 0 Å². The molecule has 0 bridgehead atoms. The number of hydrogen-bond donors (Lipinski definition) is 0. The van der Waals surface area contributed by atoms with E-state index in [1.54, 1.807) is 0 Å². The van der Waals surface area contributed by atoms with Crippen molar-refractivity contribution in [1.29, 1.82) is 0 Å². The minimum absolute atomic E-state index is 0.0788. The Bertz CT molecular complexity index is 446. The molecule has 2 heteroatoms. The topological polar surface area (TPSA) is 17.1 Å². The van der Waals surface area contributed by atoms with Crippen LogP contribution in [0.15, 0.2) is 24.3 Å². The summed E-state index contributed by atoms with van der Waals surface area (Å²) in [5.74, 6) is 2.12. The molecule has 2 aliphatic rings. The molecule has 1 nitrogen and oxygen atoms in total. The third-order valence-electron chi connectivity index (χ3n) is 4.20. The number of Topliss-reactive ketones (excluding diaryl/α,β-unsaturated/α-hetero) is 1. The maximum absolute atomic E-state index is 12.4. The van der Waals surface area contributed by atoms with Crippen LogP contribution in [0.3, 0.4) is 0 Å². The molecule has 0 N–H and O–H groups in total. The average Bonchev–Trinajstić information content (AvgIpc) is 2.74. The van der Waals surface area contributed by atoms with Gasteiger partial charge in [-0.25, -0.2) is 0 Å². The first-order valence-electron chi connectivity index (χ1n) is 6.44. The Balaban J connectivity index is 1.68. The fourth-order valence-corrected chi connectivity index (χ4v) is 4.26. The molecule has 2 unspecified atom stereocenters. The Labute approximate surface area is 107 Å². The van der Waals surface area contributed by atoms with Gasteiger partial charge < -0.3 is 0 Å². The van der Waals surface area contributed by atoms with Crippen LogP contribution in [0.4, 0.5) is 0 Å². The third-order valence-corrected chi connectivity index (χ3v) is 5.76. The van der Waals surface area contributed by atoms with Crippen LogP contribution in [-0.2, 0) is 11.2 Å². The van der Waals surface area contributed by atoms with Gasteiger partial charge in [0.25, 0.3) is 0 Å². The highest BCUT2D eigenvalue weighted by molar-refractivity contribution is 8.01. The lowest BCUT2D eigenvalue weighted by Gasteiger charge is -2.32. The van der Waals surface area contributed by atoms with Gasteiger partial charge in [-0.15, -0.1) is 11.8 Å². The number of rotatable bonds is 3. The summed E-state index contributed by atoms with van der Waals surface area (Å²) in [7, 11) is 0. The molecule has 1 heterocycles.